The lowest BCUT2D eigenvalue weighted by atomic mass is 9.93. The minimum Gasteiger partial charge on any atom is -0.352 e. The van der Waals surface area contributed by atoms with E-state index in [2.05, 4.69) is 40.0 Å². The smallest absolute Gasteiger partial charge is 0.195 e. The number of thiazole rings is 1. The zero-order chi connectivity index (χ0) is 13.4. The van der Waals surface area contributed by atoms with Crippen molar-refractivity contribution in [1.82, 2.24) is 14.7 Å². The average molecular weight is 278 g/mol. The summed E-state index contributed by atoms with van der Waals surface area (Å²) >= 11 is 1.71. The molecule has 3 heterocycles. The molecule has 104 valence electrons. The van der Waals surface area contributed by atoms with Crippen molar-refractivity contribution in [3.05, 3.63) is 17.3 Å². The second kappa shape index (κ2) is 5.13. The first-order chi connectivity index (χ1) is 9.20. The third-order valence-corrected chi connectivity index (χ3v) is 4.85. The lowest BCUT2D eigenvalue weighted by Crippen LogP contribution is -2.41. The van der Waals surface area contributed by atoms with Gasteiger partial charge < -0.3 is 10.2 Å². The van der Waals surface area contributed by atoms with Gasteiger partial charge in [-0.1, -0.05) is 6.92 Å². The number of anilines is 1. The zero-order valence-electron chi connectivity index (χ0n) is 11.9. The zero-order valence-corrected chi connectivity index (χ0v) is 12.7. The van der Waals surface area contributed by atoms with Gasteiger partial charge in [0.15, 0.2) is 10.8 Å². The minimum atomic E-state index is 0.587. The number of nitrogens with zero attached hydrogens (tertiary/aromatic N) is 3. The molecule has 1 saturated heterocycles. The molecule has 0 saturated carbocycles. The topological polar surface area (TPSA) is 32.6 Å². The number of nitrogens with one attached hydrogen (secondary N) is 1. The normalized spacial score (nSPS) is 24.3. The molecule has 4 nitrogen and oxygen atoms in total. The van der Waals surface area contributed by atoms with Gasteiger partial charge in [0.2, 0.25) is 0 Å². The van der Waals surface area contributed by atoms with E-state index in [0.29, 0.717) is 6.04 Å². The summed E-state index contributed by atoms with van der Waals surface area (Å²) in [7, 11) is 2.00. The van der Waals surface area contributed by atoms with Crippen LogP contribution in [0.4, 0.5) is 5.82 Å². The Morgan fingerprint density at radius 3 is 3.05 bits per heavy atom. The van der Waals surface area contributed by atoms with Gasteiger partial charge in [-0.2, -0.15) is 0 Å². The Kier molecular flexibility index (Phi) is 3.50. The van der Waals surface area contributed by atoms with Crippen molar-refractivity contribution in [3.63, 3.8) is 0 Å². The molecular weight excluding hydrogens is 256 g/mol. The first-order valence-corrected chi connectivity index (χ1v) is 7.94. The van der Waals surface area contributed by atoms with Crippen LogP contribution in [0.25, 0.3) is 4.96 Å². The van der Waals surface area contributed by atoms with Crippen molar-refractivity contribution in [2.45, 2.75) is 39.3 Å². The molecule has 1 fully saturated rings. The van der Waals surface area contributed by atoms with Crippen molar-refractivity contribution in [3.8, 4) is 0 Å². The van der Waals surface area contributed by atoms with E-state index in [1.54, 1.807) is 11.3 Å². The van der Waals surface area contributed by atoms with Crippen molar-refractivity contribution >= 4 is 22.1 Å². The Morgan fingerprint density at radius 1 is 1.47 bits per heavy atom. The van der Waals surface area contributed by atoms with Crippen molar-refractivity contribution in [1.29, 1.82) is 0 Å². The lowest BCUT2D eigenvalue weighted by Gasteiger charge is -2.37. The Balaban J connectivity index is 1.99. The second-order valence-electron chi connectivity index (χ2n) is 5.64. The molecule has 19 heavy (non-hydrogen) atoms. The number of fused-ring (bicyclic) bond motifs is 1. The fourth-order valence-corrected chi connectivity index (χ4v) is 3.83. The van der Waals surface area contributed by atoms with Crippen LogP contribution in [0.15, 0.2) is 11.6 Å². The molecule has 0 spiro atoms. The van der Waals surface area contributed by atoms with Gasteiger partial charge in [0.05, 0.1) is 5.69 Å². The number of hydrogen-bond donors (Lipinski definition) is 1. The molecular formula is C14H22N4S. The Hall–Kier alpha value is -1.07. The van der Waals surface area contributed by atoms with Crippen LogP contribution in [0.2, 0.25) is 0 Å². The molecule has 3 rings (SSSR count). The van der Waals surface area contributed by atoms with Gasteiger partial charge in [-0.05, 0) is 32.7 Å². The van der Waals surface area contributed by atoms with E-state index in [1.165, 1.54) is 24.4 Å². The Morgan fingerprint density at radius 2 is 2.32 bits per heavy atom. The molecule has 0 bridgehead atoms. The summed E-state index contributed by atoms with van der Waals surface area (Å²) in [6.45, 7) is 6.68. The molecule has 0 amide bonds. The van der Waals surface area contributed by atoms with E-state index < -0.39 is 0 Å². The fraction of sp³-hybridized carbons (Fsp3) is 0.643. The van der Waals surface area contributed by atoms with E-state index in [-0.39, 0.29) is 0 Å². The minimum absolute atomic E-state index is 0.587. The molecule has 1 N–H and O–H groups in total. The first kappa shape index (κ1) is 12.9. The first-order valence-electron chi connectivity index (χ1n) is 7.06. The predicted octanol–water partition coefficient (Wildman–Crippen LogP) is 2.74. The van der Waals surface area contributed by atoms with E-state index in [9.17, 15) is 0 Å². The molecule has 0 aromatic carbocycles. The maximum atomic E-state index is 4.86. The van der Waals surface area contributed by atoms with Gasteiger partial charge in [0.25, 0.3) is 0 Å². The molecule has 1 aliphatic rings. The maximum absolute atomic E-state index is 4.86. The number of hydrogen-bond acceptors (Lipinski definition) is 4. The van der Waals surface area contributed by atoms with Crippen molar-refractivity contribution in [2.75, 3.05) is 18.5 Å². The van der Waals surface area contributed by atoms with Gasteiger partial charge >= 0.3 is 0 Å². The summed E-state index contributed by atoms with van der Waals surface area (Å²) in [4.78, 5) is 8.45. The van der Waals surface area contributed by atoms with Gasteiger partial charge in [-0.15, -0.1) is 11.3 Å². The maximum Gasteiger partial charge on any atom is 0.195 e. The lowest BCUT2D eigenvalue weighted by molar-refractivity contribution is 0.375. The number of aromatic nitrogens is 2. The van der Waals surface area contributed by atoms with E-state index in [4.69, 9.17) is 4.98 Å². The molecule has 2 aromatic heterocycles. The van der Waals surface area contributed by atoms with Gasteiger partial charge in [-0.3, -0.25) is 4.40 Å². The summed E-state index contributed by atoms with van der Waals surface area (Å²) in [5, 5.41) is 5.38. The van der Waals surface area contributed by atoms with E-state index in [0.717, 1.165) is 24.0 Å². The number of piperidine rings is 1. The molecule has 5 heteroatoms. The molecule has 2 unspecified atom stereocenters. The standard InChI is InChI=1S/C14H22N4S/c1-10-4-5-17(11(2)8-10)13-12(9-15-3)18-6-7-19-14(18)16-13/h6-7,10-11,15H,4-5,8-9H2,1-3H3. The number of imidazole rings is 1. The highest BCUT2D eigenvalue weighted by Crippen LogP contribution is 2.31. The van der Waals surface area contributed by atoms with Gasteiger partial charge in [-0.25, -0.2) is 4.98 Å². The van der Waals surface area contributed by atoms with Crippen LogP contribution in [0.3, 0.4) is 0 Å². The third-order valence-electron chi connectivity index (χ3n) is 4.09. The van der Waals surface area contributed by atoms with E-state index >= 15 is 0 Å². The highest BCUT2D eigenvalue weighted by Gasteiger charge is 2.27. The fourth-order valence-electron chi connectivity index (χ4n) is 3.10. The quantitative estimate of drug-likeness (QED) is 0.937. The Labute approximate surface area is 118 Å². The average Bonchev–Trinajstić information content (AvgIpc) is 2.93. The number of rotatable bonds is 3. The third kappa shape index (κ3) is 2.25. The molecule has 2 aromatic rings. The van der Waals surface area contributed by atoms with Crippen LogP contribution in [0.5, 0.6) is 0 Å². The molecule has 0 radical (unpaired) electrons. The summed E-state index contributed by atoms with van der Waals surface area (Å²) in [6.07, 6.45) is 4.67. The van der Waals surface area contributed by atoms with Crippen molar-refractivity contribution < 1.29 is 0 Å². The molecule has 0 aliphatic carbocycles. The van der Waals surface area contributed by atoms with Crippen LogP contribution in [0.1, 0.15) is 32.4 Å². The second-order valence-corrected chi connectivity index (χ2v) is 6.51. The summed E-state index contributed by atoms with van der Waals surface area (Å²) in [5.74, 6) is 2.02. The highest BCUT2D eigenvalue weighted by molar-refractivity contribution is 7.15. The summed E-state index contributed by atoms with van der Waals surface area (Å²) in [6, 6.07) is 0.587. The van der Waals surface area contributed by atoms with Crippen LogP contribution >= 0.6 is 11.3 Å². The summed E-state index contributed by atoms with van der Waals surface area (Å²) < 4.78 is 2.22. The highest BCUT2D eigenvalue weighted by atomic mass is 32.1. The van der Waals surface area contributed by atoms with Crippen LogP contribution in [-0.4, -0.2) is 29.0 Å². The Bertz CT molecular complexity index is 559. The largest absolute Gasteiger partial charge is 0.352 e. The molecule has 1 aliphatic heterocycles. The van der Waals surface area contributed by atoms with Gasteiger partial charge in [0, 0.05) is 30.7 Å². The van der Waals surface area contributed by atoms with Crippen LogP contribution in [-0.2, 0) is 6.54 Å². The SMILES string of the molecule is CNCc1c(N2CCC(C)CC2C)nc2sccn12. The summed E-state index contributed by atoms with van der Waals surface area (Å²) in [5.41, 5.74) is 1.29. The predicted molar refractivity (Wildman–Crippen MR) is 81.0 cm³/mol. The van der Waals surface area contributed by atoms with Crippen LogP contribution < -0.4 is 10.2 Å². The van der Waals surface area contributed by atoms with Gasteiger partial charge in [0.1, 0.15) is 0 Å². The molecule has 2 atom stereocenters. The monoisotopic (exact) mass is 278 g/mol. The van der Waals surface area contributed by atoms with E-state index in [1.807, 2.05) is 7.05 Å². The van der Waals surface area contributed by atoms with Crippen LogP contribution in [0, 0.1) is 5.92 Å². The van der Waals surface area contributed by atoms with Crippen molar-refractivity contribution in [2.24, 2.45) is 5.92 Å².